The monoisotopic (exact) mass is 388 g/mol. The maximum Gasteiger partial charge on any atom is 0.416 e. The van der Waals surface area contributed by atoms with Crippen LogP contribution in [0.2, 0.25) is 0 Å². The summed E-state index contributed by atoms with van der Waals surface area (Å²) in [6, 6.07) is 12.0. The summed E-state index contributed by atoms with van der Waals surface area (Å²) in [7, 11) is 0. The number of alkyl halides is 3. The molecule has 0 heterocycles. The van der Waals surface area contributed by atoms with Gasteiger partial charge in [0, 0.05) is 6.08 Å². The average Bonchev–Trinajstić information content (AvgIpc) is 2.61. The first-order valence-corrected chi connectivity index (χ1v) is 8.89. The highest BCUT2D eigenvalue weighted by atomic mass is 19.4. The topological polar surface area (TPSA) is 46.5 Å². The number of hydrogen-bond donors (Lipinski definition) is 1. The van der Waals surface area contributed by atoms with Crippen molar-refractivity contribution in [3.05, 3.63) is 83.4 Å². The second-order valence-electron chi connectivity index (χ2n) is 6.55. The van der Waals surface area contributed by atoms with E-state index in [2.05, 4.69) is 0 Å². The van der Waals surface area contributed by atoms with Crippen LogP contribution in [0.1, 0.15) is 36.0 Å². The smallest absolute Gasteiger partial charge is 0.416 e. The Labute approximate surface area is 160 Å². The third kappa shape index (κ3) is 5.03. The minimum absolute atomic E-state index is 0.195. The van der Waals surface area contributed by atoms with Gasteiger partial charge in [-0.25, -0.2) is 4.79 Å². The van der Waals surface area contributed by atoms with E-state index in [0.29, 0.717) is 16.9 Å². The maximum absolute atomic E-state index is 12.8. The van der Waals surface area contributed by atoms with Crippen molar-refractivity contribution in [3.8, 4) is 5.75 Å². The fourth-order valence-electron chi connectivity index (χ4n) is 2.84. The summed E-state index contributed by atoms with van der Waals surface area (Å²) in [5.41, 5.74) is 1.14. The zero-order valence-corrected chi connectivity index (χ0v) is 14.9. The summed E-state index contributed by atoms with van der Waals surface area (Å²) in [4.78, 5) is 10.8. The molecule has 1 saturated carbocycles. The standard InChI is InChI=1S/C22H19F3O3/c23-22(24,25)17-12-10-15(11-13-17)20(8-3-9-21(26)27)16-4-1-7-19(14-16)28-18-5-2-6-18/h1,3-4,7-14,18H,2,5-6H2,(H,26,27). The molecule has 2 aromatic carbocycles. The average molecular weight is 388 g/mol. The molecule has 0 radical (unpaired) electrons. The number of carbonyl (C=O) groups is 1. The van der Waals surface area contributed by atoms with E-state index in [1.807, 2.05) is 24.3 Å². The van der Waals surface area contributed by atoms with Crippen LogP contribution in [0.15, 0.2) is 66.8 Å². The normalized spacial score (nSPS) is 15.5. The van der Waals surface area contributed by atoms with Gasteiger partial charge in [-0.1, -0.05) is 36.4 Å². The van der Waals surface area contributed by atoms with E-state index in [1.165, 1.54) is 18.2 Å². The summed E-state index contributed by atoms with van der Waals surface area (Å²) in [6.45, 7) is 0. The van der Waals surface area contributed by atoms with Crippen molar-refractivity contribution in [1.29, 1.82) is 0 Å². The van der Waals surface area contributed by atoms with E-state index in [-0.39, 0.29) is 6.10 Å². The number of halogens is 3. The van der Waals surface area contributed by atoms with Gasteiger partial charge in [-0.2, -0.15) is 13.2 Å². The molecule has 1 N–H and O–H groups in total. The minimum Gasteiger partial charge on any atom is -0.490 e. The van der Waals surface area contributed by atoms with Crippen molar-refractivity contribution in [2.45, 2.75) is 31.5 Å². The SMILES string of the molecule is O=C(O)C=CC=C(c1ccc(C(F)(F)F)cc1)c1cccc(OC2CCC2)c1. The second kappa shape index (κ2) is 8.33. The van der Waals surface area contributed by atoms with E-state index in [9.17, 15) is 18.0 Å². The fourth-order valence-corrected chi connectivity index (χ4v) is 2.84. The number of carboxylic acid groups (broad SMARTS) is 1. The molecule has 0 saturated heterocycles. The van der Waals surface area contributed by atoms with Gasteiger partial charge in [-0.3, -0.25) is 0 Å². The number of hydrogen-bond acceptors (Lipinski definition) is 2. The van der Waals surface area contributed by atoms with Crippen LogP contribution in [0.25, 0.3) is 5.57 Å². The van der Waals surface area contributed by atoms with Gasteiger partial charge in [0.05, 0.1) is 11.7 Å². The van der Waals surface area contributed by atoms with Crippen LogP contribution < -0.4 is 4.74 Å². The predicted molar refractivity (Wildman–Crippen MR) is 100 cm³/mol. The zero-order chi connectivity index (χ0) is 20.1. The molecule has 3 rings (SSSR count). The Morgan fingerprint density at radius 1 is 1.07 bits per heavy atom. The lowest BCUT2D eigenvalue weighted by Crippen LogP contribution is -2.24. The van der Waals surface area contributed by atoms with Crippen LogP contribution in [0.3, 0.4) is 0 Å². The second-order valence-corrected chi connectivity index (χ2v) is 6.55. The van der Waals surface area contributed by atoms with Crippen molar-refractivity contribution in [3.63, 3.8) is 0 Å². The molecule has 0 unspecified atom stereocenters. The van der Waals surface area contributed by atoms with Crippen LogP contribution in [-0.4, -0.2) is 17.2 Å². The molecule has 6 heteroatoms. The van der Waals surface area contributed by atoms with Crippen molar-refractivity contribution in [1.82, 2.24) is 0 Å². The predicted octanol–water partition coefficient (Wildman–Crippen LogP) is 5.71. The molecule has 1 aliphatic rings. The molecule has 0 bridgehead atoms. The van der Waals surface area contributed by atoms with Crippen molar-refractivity contribution >= 4 is 11.5 Å². The van der Waals surface area contributed by atoms with E-state index in [4.69, 9.17) is 9.84 Å². The Kier molecular flexibility index (Phi) is 5.87. The largest absolute Gasteiger partial charge is 0.490 e. The Bertz CT molecular complexity index is 892. The molecule has 1 aliphatic carbocycles. The maximum atomic E-state index is 12.8. The molecule has 3 nitrogen and oxygen atoms in total. The summed E-state index contributed by atoms with van der Waals surface area (Å²) in [5, 5.41) is 8.81. The van der Waals surface area contributed by atoms with Gasteiger partial charge in [0.2, 0.25) is 0 Å². The molecule has 0 aromatic heterocycles. The lowest BCUT2D eigenvalue weighted by atomic mass is 9.95. The van der Waals surface area contributed by atoms with Gasteiger partial charge in [0.15, 0.2) is 0 Å². The lowest BCUT2D eigenvalue weighted by Gasteiger charge is -2.26. The highest BCUT2D eigenvalue weighted by Gasteiger charge is 2.30. The molecule has 1 fully saturated rings. The number of ether oxygens (including phenoxy) is 1. The third-order valence-electron chi connectivity index (χ3n) is 4.52. The Morgan fingerprint density at radius 2 is 1.79 bits per heavy atom. The molecule has 146 valence electrons. The van der Waals surface area contributed by atoms with Crippen molar-refractivity contribution in [2.24, 2.45) is 0 Å². The number of allylic oxidation sites excluding steroid dienone is 2. The molecule has 0 amide bonds. The van der Waals surface area contributed by atoms with Crippen molar-refractivity contribution in [2.75, 3.05) is 0 Å². The Balaban J connectivity index is 1.95. The van der Waals surface area contributed by atoms with Gasteiger partial charge >= 0.3 is 12.1 Å². The van der Waals surface area contributed by atoms with E-state index in [1.54, 1.807) is 6.08 Å². The summed E-state index contributed by atoms with van der Waals surface area (Å²) >= 11 is 0. The van der Waals surface area contributed by atoms with Gasteiger partial charge in [0.25, 0.3) is 0 Å². The number of rotatable bonds is 6. The number of carboxylic acids is 1. The Hall–Kier alpha value is -3.02. The minimum atomic E-state index is -4.41. The first kappa shape index (κ1) is 19.7. The fraction of sp³-hybridized carbons (Fsp3) is 0.227. The van der Waals surface area contributed by atoms with E-state index >= 15 is 0 Å². The van der Waals surface area contributed by atoms with E-state index in [0.717, 1.165) is 43.0 Å². The van der Waals surface area contributed by atoms with Crippen molar-refractivity contribution < 1.29 is 27.8 Å². The van der Waals surface area contributed by atoms with Crippen LogP contribution in [-0.2, 0) is 11.0 Å². The van der Waals surface area contributed by atoms with Crippen LogP contribution in [0.5, 0.6) is 5.75 Å². The van der Waals surface area contributed by atoms with Crippen LogP contribution >= 0.6 is 0 Å². The molecular formula is C22H19F3O3. The zero-order valence-electron chi connectivity index (χ0n) is 14.9. The highest BCUT2D eigenvalue weighted by Crippen LogP contribution is 2.33. The highest BCUT2D eigenvalue weighted by molar-refractivity contribution is 5.84. The van der Waals surface area contributed by atoms with Gasteiger partial charge < -0.3 is 9.84 Å². The Morgan fingerprint density at radius 3 is 2.36 bits per heavy atom. The first-order chi connectivity index (χ1) is 13.3. The molecule has 28 heavy (non-hydrogen) atoms. The molecule has 2 aromatic rings. The first-order valence-electron chi connectivity index (χ1n) is 8.89. The van der Waals surface area contributed by atoms with Gasteiger partial charge in [0.1, 0.15) is 5.75 Å². The van der Waals surface area contributed by atoms with Crippen LogP contribution in [0, 0.1) is 0 Å². The summed E-state index contributed by atoms with van der Waals surface area (Å²) in [6.07, 6.45) is 2.83. The lowest BCUT2D eigenvalue weighted by molar-refractivity contribution is -0.137. The molecule has 0 spiro atoms. The quantitative estimate of drug-likeness (QED) is 0.509. The molecule has 0 atom stereocenters. The van der Waals surface area contributed by atoms with Gasteiger partial charge in [-0.15, -0.1) is 0 Å². The third-order valence-corrected chi connectivity index (χ3v) is 4.52. The van der Waals surface area contributed by atoms with Crippen LogP contribution in [0.4, 0.5) is 13.2 Å². The van der Waals surface area contributed by atoms with E-state index < -0.39 is 17.7 Å². The summed E-state index contributed by atoms with van der Waals surface area (Å²) < 4.78 is 44.4. The molecular weight excluding hydrogens is 369 g/mol. The number of benzene rings is 2. The summed E-state index contributed by atoms with van der Waals surface area (Å²) in [5.74, 6) is -0.424. The molecule has 0 aliphatic heterocycles. The number of aliphatic carboxylic acids is 1. The van der Waals surface area contributed by atoms with Gasteiger partial charge in [-0.05, 0) is 60.2 Å².